The van der Waals surface area contributed by atoms with Crippen molar-refractivity contribution >= 4 is 17.9 Å². The molecule has 2 saturated heterocycles. The quantitative estimate of drug-likeness (QED) is 0.714. The summed E-state index contributed by atoms with van der Waals surface area (Å²) in [5.74, 6) is -0.209. The first-order valence-corrected chi connectivity index (χ1v) is 5.90. The van der Waals surface area contributed by atoms with Gasteiger partial charge in [0.05, 0.1) is 6.04 Å². The van der Waals surface area contributed by atoms with E-state index in [4.69, 9.17) is 0 Å². The molecule has 2 heterocycles. The highest BCUT2D eigenvalue weighted by Gasteiger charge is 2.40. The zero-order chi connectivity index (χ0) is 12.4. The Kier molecular flexibility index (Phi) is 3.31. The molecule has 0 spiro atoms. The summed E-state index contributed by atoms with van der Waals surface area (Å²) >= 11 is 0. The summed E-state index contributed by atoms with van der Waals surface area (Å²) in [7, 11) is 0. The Morgan fingerprint density at radius 2 is 2.24 bits per heavy atom. The molecule has 2 fully saturated rings. The summed E-state index contributed by atoms with van der Waals surface area (Å²) in [5, 5.41) is 0. The first-order chi connectivity index (χ1) is 8.13. The van der Waals surface area contributed by atoms with Gasteiger partial charge in [-0.1, -0.05) is 6.92 Å². The summed E-state index contributed by atoms with van der Waals surface area (Å²) < 4.78 is 4.67. The van der Waals surface area contributed by atoms with Crippen LogP contribution in [0.1, 0.15) is 26.2 Å². The molecule has 0 aromatic heterocycles. The predicted molar refractivity (Wildman–Crippen MR) is 58.1 cm³/mol. The summed E-state index contributed by atoms with van der Waals surface area (Å²) in [6, 6.07) is -0.210. The van der Waals surface area contributed by atoms with Crippen molar-refractivity contribution in [1.29, 1.82) is 0 Å². The van der Waals surface area contributed by atoms with E-state index < -0.39 is 6.09 Å². The van der Waals surface area contributed by atoms with Crippen LogP contribution in [-0.2, 0) is 14.3 Å². The molecule has 0 aromatic carbocycles. The van der Waals surface area contributed by atoms with Crippen molar-refractivity contribution in [3.63, 3.8) is 0 Å². The van der Waals surface area contributed by atoms with E-state index in [0.717, 1.165) is 11.3 Å². The highest BCUT2D eigenvalue weighted by molar-refractivity contribution is 5.98. The topological polar surface area (TPSA) is 66.9 Å². The minimum Gasteiger partial charge on any atom is -0.439 e. The van der Waals surface area contributed by atoms with Crippen LogP contribution in [0, 0.1) is 0 Å². The van der Waals surface area contributed by atoms with E-state index in [1.807, 2.05) is 6.92 Å². The molecule has 2 aliphatic rings. The number of nitrogens with zero attached hydrogens (tertiary/aromatic N) is 2. The first-order valence-electron chi connectivity index (χ1n) is 5.90. The molecule has 0 aliphatic carbocycles. The lowest BCUT2D eigenvalue weighted by molar-refractivity contribution is -0.131. The maximum atomic E-state index is 11.7. The van der Waals surface area contributed by atoms with Gasteiger partial charge in [-0.05, 0) is 12.8 Å². The van der Waals surface area contributed by atoms with E-state index >= 15 is 0 Å². The van der Waals surface area contributed by atoms with Gasteiger partial charge in [0.15, 0.2) is 6.61 Å². The van der Waals surface area contributed by atoms with Gasteiger partial charge in [-0.25, -0.2) is 9.69 Å². The molecule has 0 aromatic rings. The Morgan fingerprint density at radius 3 is 2.82 bits per heavy atom. The normalized spacial score (nSPS) is 24.4. The van der Waals surface area contributed by atoms with Crippen LogP contribution >= 0.6 is 0 Å². The second kappa shape index (κ2) is 4.73. The highest BCUT2D eigenvalue weighted by Crippen LogP contribution is 2.20. The van der Waals surface area contributed by atoms with Gasteiger partial charge in [0.25, 0.3) is 5.91 Å². The average molecular weight is 240 g/mol. The fraction of sp³-hybridized carbons (Fsp3) is 0.727. The second-order valence-electron chi connectivity index (χ2n) is 4.35. The van der Waals surface area contributed by atoms with E-state index in [-0.39, 0.29) is 24.5 Å². The van der Waals surface area contributed by atoms with Crippen LogP contribution < -0.4 is 0 Å². The van der Waals surface area contributed by atoms with Crippen molar-refractivity contribution in [1.82, 2.24) is 9.80 Å². The summed E-state index contributed by atoms with van der Waals surface area (Å²) in [6.45, 7) is 2.84. The molecule has 1 unspecified atom stereocenters. The summed E-state index contributed by atoms with van der Waals surface area (Å²) in [5.41, 5.74) is 0. The Morgan fingerprint density at radius 1 is 1.47 bits per heavy atom. The molecule has 0 N–H and O–H groups in total. The number of carbonyl (C=O) groups excluding carboxylic acids is 3. The fourth-order valence-electron chi connectivity index (χ4n) is 2.27. The fourth-order valence-corrected chi connectivity index (χ4v) is 2.27. The molecule has 1 atom stereocenters. The minimum absolute atomic E-state index is 0.0926. The van der Waals surface area contributed by atoms with Crippen LogP contribution in [0.25, 0.3) is 0 Å². The number of ether oxygens (including phenoxy) is 1. The van der Waals surface area contributed by atoms with Crippen LogP contribution in [-0.4, -0.2) is 53.4 Å². The Hall–Kier alpha value is -1.59. The number of hydrogen-bond acceptors (Lipinski definition) is 4. The number of likely N-dealkylation sites (tertiary alicyclic amines) is 1. The van der Waals surface area contributed by atoms with Crippen LogP contribution in [0.2, 0.25) is 0 Å². The van der Waals surface area contributed by atoms with Crippen LogP contribution in [0.3, 0.4) is 0 Å². The zero-order valence-corrected chi connectivity index (χ0v) is 9.85. The monoisotopic (exact) mass is 240 g/mol. The molecule has 0 saturated carbocycles. The minimum atomic E-state index is -0.579. The van der Waals surface area contributed by atoms with Gasteiger partial charge in [0.1, 0.15) is 0 Å². The molecule has 2 aliphatic heterocycles. The molecule has 17 heavy (non-hydrogen) atoms. The van der Waals surface area contributed by atoms with Gasteiger partial charge >= 0.3 is 6.09 Å². The van der Waals surface area contributed by atoms with Crippen molar-refractivity contribution < 1.29 is 19.1 Å². The molecule has 0 radical (unpaired) electrons. The van der Waals surface area contributed by atoms with Gasteiger partial charge < -0.3 is 9.64 Å². The number of imide groups is 1. The average Bonchev–Trinajstić information content (AvgIpc) is 2.86. The molecule has 2 rings (SSSR count). The number of cyclic esters (lactones) is 1. The smallest absolute Gasteiger partial charge is 0.417 e. The lowest BCUT2D eigenvalue weighted by Gasteiger charge is -2.20. The van der Waals surface area contributed by atoms with Gasteiger partial charge in [0.2, 0.25) is 5.91 Å². The van der Waals surface area contributed by atoms with Gasteiger partial charge in [-0.15, -0.1) is 0 Å². The van der Waals surface area contributed by atoms with Crippen molar-refractivity contribution in [2.24, 2.45) is 0 Å². The predicted octanol–water partition coefficient (Wildman–Crippen LogP) is 0.366. The molecule has 3 amide bonds. The van der Waals surface area contributed by atoms with Crippen LogP contribution in [0.5, 0.6) is 0 Å². The van der Waals surface area contributed by atoms with E-state index in [0.29, 0.717) is 25.9 Å². The molecule has 94 valence electrons. The molecule has 6 heteroatoms. The van der Waals surface area contributed by atoms with Crippen molar-refractivity contribution in [2.45, 2.75) is 32.2 Å². The number of carbonyl (C=O) groups is 3. The van der Waals surface area contributed by atoms with Crippen molar-refractivity contribution in [2.75, 3.05) is 19.7 Å². The van der Waals surface area contributed by atoms with Crippen molar-refractivity contribution in [3.8, 4) is 0 Å². The standard InChI is InChI=1S/C11H16N2O4/c1-2-3-9(14)12-5-4-8(6-12)13-10(15)7-17-11(13)16/h8H,2-7H2,1H3. The number of amides is 3. The summed E-state index contributed by atoms with van der Waals surface area (Å²) in [6.07, 6.45) is 1.40. The van der Waals surface area contributed by atoms with E-state index in [1.54, 1.807) is 4.90 Å². The third-order valence-corrected chi connectivity index (χ3v) is 3.13. The Balaban J connectivity index is 1.95. The van der Waals surface area contributed by atoms with E-state index in [1.165, 1.54) is 0 Å². The molecule has 6 nitrogen and oxygen atoms in total. The number of rotatable bonds is 3. The van der Waals surface area contributed by atoms with Gasteiger partial charge in [-0.3, -0.25) is 9.59 Å². The third-order valence-electron chi connectivity index (χ3n) is 3.13. The lowest BCUT2D eigenvalue weighted by atomic mass is 10.2. The zero-order valence-electron chi connectivity index (χ0n) is 9.85. The molecular weight excluding hydrogens is 224 g/mol. The van der Waals surface area contributed by atoms with Crippen LogP contribution in [0.15, 0.2) is 0 Å². The Bertz CT molecular complexity index is 339. The van der Waals surface area contributed by atoms with E-state index in [2.05, 4.69) is 4.74 Å². The summed E-state index contributed by atoms with van der Waals surface area (Å²) in [4.78, 5) is 37.3. The Labute approximate surface area is 99.5 Å². The SMILES string of the molecule is CCCC(=O)N1CCC(N2C(=O)COC2=O)C1. The van der Waals surface area contributed by atoms with Crippen LogP contribution in [0.4, 0.5) is 4.79 Å². The molecular formula is C11H16N2O4. The lowest BCUT2D eigenvalue weighted by Crippen LogP contribution is -2.41. The highest BCUT2D eigenvalue weighted by atomic mass is 16.6. The maximum absolute atomic E-state index is 11.7. The maximum Gasteiger partial charge on any atom is 0.417 e. The molecule has 0 bridgehead atoms. The number of hydrogen-bond donors (Lipinski definition) is 0. The van der Waals surface area contributed by atoms with Gasteiger partial charge in [0, 0.05) is 19.5 Å². The third kappa shape index (κ3) is 2.25. The van der Waals surface area contributed by atoms with Gasteiger partial charge in [-0.2, -0.15) is 0 Å². The second-order valence-corrected chi connectivity index (χ2v) is 4.35. The van der Waals surface area contributed by atoms with E-state index in [9.17, 15) is 14.4 Å². The van der Waals surface area contributed by atoms with Crippen molar-refractivity contribution in [3.05, 3.63) is 0 Å². The first kappa shape index (κ1) is 11.9. The largest absolute Gasteiger partial charge is 0.439 e.